The number of thioether (sulfide) groups is 1. The van der Waals surface area contributed by atoms with Crippen molar-refractivity contribution in [3.8, 4) is 0 Å². The number of carbonyl (C=O) groups is 1. The molecule has 1 aromatic rings. The van der Waals surface area contributed by atoms with E-state index in [1.54, 1.807) is 14.0 Å². The summed E-state index contributed by atoms with van der Waals surface area (Å²) in [4.78, 5) is 15.2. The first-order valence-electron chi connectivity index (χ1n) is 6.27. The summed E-state index contributed by atoms with van der Waals surface area (Å²) in [5.74, 6) is -0.474. The Bertz CT molecular complexity index is 492. The standard InChI is InChI=1S/C13H18F3N3OS/c1-8(6-12(2,18-3)11(17)20)21-10-5-4-9(7-19-10)13(14,15)16/h4-5,7-8,18H,6H2,1-3H3,(H2,17,20). The Morgan fingerprint density at radius 2 is 2.10 bits per heavy atom. The van der Waals surface area contributed by atoms with E-state index in [0.29, 0.717) is 11.4 Å². The Morgan fingerprint density at radius 1 is 1.48 bits per heavy atom. The minimum absolute atomic E-state index is 0.0424. The van der Waals surface area contributed by atoms with E-state index in [1.165, 1.54) is 17.8 Å². The van der Waals surface area contributed by atoms with E-state index in [0.717, 1.165) is 12.3 Å². The molecule has 3 N–H and O–H groups in total. The highest BCUT2D eigenvalue weighted by molar-refractivity contribution is 7.99. The summed E-state index contributed by atoms with van der Waals surface area (Å²) in [6.45, 7) is 3.55. The van der Waals surface area contributed by atoms with Crippen LogP contribution in [-0.4, -0.2) is 28.7 Å². The Balaban J connectivity index is 2.71. The third-order valence-corrected chi connectivity index (χ3v) is 4.23. The lowest BCUT2D eigenvalue weighted by Crippen LogP contribution is -2.52. The second-order valence-corrected chi connectivity index (χ2v) is 6.42. The van der Waals surface area contributed by atoms with Crippen LogP contribution >= 0.6 is 11.8 Å². The first-order chi connectivity index (χ1) is 9.58. The van der Waals surface area contributed by atoms with Crippen LogP contribution in [0.2, 0.25) is 0 Å². The van der Waals surface area contributed by atoms with E-state index in [4.69, 9.17) is 5.73 Å². The molecule has 1 heterocycles. The van der Waals surface area contributed by atoms with Gasteiger partial charge in [0.05, 0.1) is 16.1 Å². The van der Waals surface area contributed by atoms with Crippen molar-refractivity contribution in [2.75, 3.05) is 7.05 Å². The Hall–Kier alpha value is -1.28. The molecule has 2 atom stereocenters. The first-order valence-corrected chi connectivity index (χ1v) is 7.15. The smallest absolute Gasteiger partial charge is 0.368 e. The van der Waals surface area contributed by atoms with E-state index in [-0.39, 0.29) is 5.25 Å². The predicted molar refractivity (Wildman–Crippen MR) is 75.8 cm³/mol. The monoisotopic (exact) mass is 321 g/mol. The molecule has 0 saturated heterocycles. The maximum Gasteiger partial charge on any atom is 0.417 e. The van der Waals surface area contributed by atoms with Crippen LogP contribution in [0.1, 0.15) is 25.8 Å². The fourth-order valence-corrected chi connectivity index (χ4v) is 2.86. The molecule has 0 bridgehead atoms. The number of rotatable bonds is 6. The largest absolute Gasteiger partial charge is 0.417 e. The maximum absolute atomic E-state index is 12.4. The van der Waals surface area contributed by atoms with Gasteiger partial charge in [0.2, 0.25) is 5.91 Å². The number of nitrogens with zero attached hydrogens (tertiary/aromatic N) is 1. The molecule has 1 amide bonds. The fourth-order valence-electron chi connectivity index (χ4n) is 1.77. The molecule has 0 saturated carbocycles. The molecule has 1 aromatic heterocycles. The normalized spacial score (nSPS) is 16.3. The zero-order chi connectivity index (χ0) is 16.3. The molecule has 8 heteroatoms. The summed E-state index contributed by atoms with van der Waals surface area (Å²) < 4.78 is 37.3. The number of likely N-dealkylation sites (N-methyl/N-ethyl adjacent to an activating group) is 1. The highest BCUT2D eigenvalue weighted by Crippen LogP contribution is 2.31. The minimum Gasteiger partial charge on any atom is -0.368 e. The Labute approximate surface area is 125 Å². The van der Waals surface area contributed by atoms with Crippen LogP contribution < -0.4 is 11.1 Å². The molecule has 2 unspecified atom stereocenters. The van der Waals surface area contributed by atoms with Gasteiger partial charge in [0.15, 0.2) is 0 Å². The van der Waals surface area contributed by atoms with Gasteiger partial charge in [0.1, 0.15) is 0 Å². The lowest BCUT2D eigenvalue weighted by molar-refractivity contribution is -0.137. The number of hydrogen-bond donors (Lipinski definition) is 2. The van der Waals surface area contributed by atoms with Gasteiger partial charge in [0.25, 0.3) is 0 Å². The molecule has 4 nitrogen and oxygen atoms in total. The second kappa shape index (κ2) is 6.65. The number of pyridine rings is 1. The number of aromatic nitrogens is 1. The average molecular weight is 321 g/mol. The van der Waals surface area contributed by atoms with E-state index >= 15 is 0 Å². The maximum atomic E-state index is 12.4. The quantitative estimate of drug-likeness (QED) is 0.790. The molecule has 0 spiro atoms. The van der Waals surface area contributed by atoms with E-state index in [2.05, 4.69) is 10.3 Å². The number of nitrogens with one attached hydrogen (secondary N) is 1. The lowest BCUT2D eigenvalue weighted by Gasteiger charge is -2.28. The number of primary amides is 1. The summed E-state index contributed by atoms with van der Waals surface area (Å²) in [5, 5.41) is 3.29. The molecule has 0 aliphatic rings. The van der Waals surface area contributed by atoms with Crippen molar-refractivity contribution in [1.29, 1.82) is 0 Å². The molecule has 0 aromatic carbocycles. The van der Waals surface area contributed by atoms with Crippen LogP contribution in [0.4, 0.5) is 13.2 Å². The van der Waals surface area contributed by atoms with Crippen molar-refractivity contribution in [2.24, 2.45) is 5.73 Å². The number of hydrogen-bond acceptors (Lipinski definition) is 4. The molecule has 0 aliphatic heterocycles. The summed E-state index contributed by atoms with van der Waals surface area (Å²) in [6, 6.07) is 2.32. The summed E-state index contributed by atoms with van der Waals surface area (Å²) in [5.41, 5.74) is 3.70. The molecular weight excluding hydrogens is 303 g/mol. The van der Waals surface area contributed by atoms with Gasteiger partial charge in [-0.1, -0.05) is 6.92 Å². The summed E-state index contributed by atoms with van der Waals surface area (Å²) >= 11 is 1.30. The van der Waals surface area contributed by atoms with Crippen molar-refractivity contribution in [3.63, 3.8) is 0 Å². The third kappa shape index (κ3) is 4.89. The molecule has 1 rings (SSSR count). The van der Waals surface area contributed by atoms with Crippen molar-refractivity contribution in [3.05, 3.63) is 23.9 Å². The van der Waals surface area contributed by atoms with Crippen LogP contribution in [-0.2, 0) is 11.0 Å². The lowest BCUT2D eigenvalue weighted by atomic mass is 9.95. The van der Waals surface area contributed by atoms with Gasteiger partial charge in [-0.3, -0.25) is 4.79 Å². The molecule has 0 aliphatic carbocycles. The van der Waals surface area contributed by atoms with Gasteiger partial charge in [0, 0.05) is 11.4 Å². The Kier molecular flexibility index (Phi) is 5.63. The molecule has 0 fully saturated rings. The van der Waals surface area contributed by atoms with E-state index in [9.17, 15) is 18.0 Å². The van der Waals surface area contributed by atoms with Gasteiger partial charge in [-0.15, -0.1) is 11.8 Å². The van der Waals surface area contributed by atoms with Crippen LogP contribution in [0.25, 0.3) is 0 Å². The van der Waals surface area contributed by atoms with E-state index < -0.39 is 23.2 Å². The zero-order valence-corrected chi connectivity index (χ0v) is 12.8. The van der Waals surface area contributed by atoms with Gasteiger partial charge >= 0.3 is 6.18 Å². The summed E-state index contributed by atoms with van der Waals surface area (Å²) in [6.07, 6.45) is -3.15. The SMILES string of the molecule is CNC(C)(CC(C)Sc1ccc(C(F)(F)F)cn1)C(N)=O. The molecule has 0 radical (unpaired) electrons. The molecule has 21 heavy (non-hydrogen) atoms. The third-order valence-electron chi connectivity index (χ3n) is 3.18. The van der Waals surface area contributed by atoms with Crippen LogP contribution in [0.5, 0.6) is 0 Å². The average Bonchev–Trinajstić information content (AvgIpc) is 2.37. The second-order valence-electron chi connectivity index (χ2n) is 4.96. The van der Waals surface area contributed by atoms with Gasteiger partial charge < -0.3 is 11.1 Å². The number of carbonyl (C=O) groups excluding carboxylic acids is 1. The number of nitrogens with two attached hydrogens (primary N) is 1. The highest BCUT2D eigenvalue weighted by atomic mass is 32.2. The van der Waals surface area contributed by atoms with Crippen molar-refractivity contribution in [2.45, 2.75) is 42.3 Å². The van der Waals surface area contributed by atoms with Crippen molar-refractivity contribution >= 4 is 17.7 Å². The van der Waals surface area contributed by atoms with Crippen LogP contribution in [0, 0.1) is 0 Å². The predicted octanol–water partition coefficient (Wildman–Crippen LogP) is 2.43. The summed E-state index contributed by atoms with van der Waals surface area (Å²) in [7, 11) is 1.64. The Morgan fingerprint density at radius 3 is 2.48 bits per heavy atom. The van der Waals surface area contributed by atoms with E-state index in [1.807, 2.05) is 6.92 Å². The van der Waals surface area contributed by atoms with Crippen LogP contribution in [0.3, 0.4) is 0 Å². The fraction of sp³-hybridized carbons (Fsp3) is 0.538. The molecular formula is C13H18F3N3OS. The zero-order valence-electron chi connectivity index (χ0n) is 12.0. The first kappa shape index (κ1) is 17.8. The van der Waals surface area contributed by atoms with Crippen LogP contribution in [0.15, 0.2) is 23.4 Å². The highest BCUT2D eigenvalue weighted by Gasteiger charge is 2.32. The number of alkyl halides is 3. The van der Waals surface area contributed by atoms with Gasteiger partial charge in [-0.2, -0.15) is 13.2 Å². The number of amides is 1. The van der Waals surface area contributed by atoms with Crippen molar-refractivity contribution < 1.29 is 18.0 Å². The van der Waals surface area contributed by atoms with Gasteiger partial charge in [-0.05, 0) is 32.5 Å². The topological polar surface area (TPSA) is 68.0 Å². The van der Waals surface area contributed by atoms with Crippen molar-refractivity contribution in [1.82, 2.24) is 10.3 Å². The number of halogens is 3. The molecule has 118 valence electrons. The minimum atomic E-state index is -4.39. The van der Waals surface area contributed by atoms with Gasteiger partial charge in [-0.25, -0.2) is 4.98 Å².